The molecule has 3 aliphatic heterocycles. The number of nitrogens with one attached hydrogen (secondary N) is 1. The topological polar surface area (TPSA) is 84.9 Å². The summed E-state index contributed by atoms with van der Waals surface area (Å²) in [6, 6.07) is -0.464. The van der Waals surface area contributed by atoms with E-state index in [1.165, 1.54) is 0 Å². The zero-order valence-electron chi connectivity index (χ0n) is 10.8. The van der Waals surface area contributed by atoms with Gasteiger partial charge in [0.25, 0.3) is 5.24 Å². The Hall–Kier alpha value is -0.790. The molecule has 19 heavy (non-hydrogen) atoms. The van der Waals surface area contributed by atoms with Crippen molar-refractivity contribution in [1.29, 1.82) is 0 Å². The molecule has 0 aromatic carbocycles. The van der Waals surface area contributed by atoms with Crippen molar-refractivity contribution in [3.63, 3.8) is 0 Å². The van der Waals surface area contributed by atoms with Gasteiger partial charge in [0.2, 0.25) is 0 Å². The van der Waals surface area contributed by atoms with Crippen LogP contribution in [0.1, 0.15) is 20.3 Å². The zero-order chi connectivity index (χ0) is 13.8. The summed E-state index contributed by atoms with van der Waals surface area (Å²) >= 11 is 1.13. The van der Waals surface area contributed by atoms with Gasteiger partial charge in [-0.15, -0.1) is 0 Å². The van der Waals surface area contributed by atoms with Crippen molar-refractivity contribution >= 4 is 23.0 Å². The summed E-state index contributed by atoms with van der Waals surface area (Å²) in [6.45, 7) is 3.75. The summed E-state index contributed by atoms with van der Waals surface area (Å²) in [5.41, 5.74) is 0. The van der Waals surface area contributed by atoms with Crippen molar-refractivity contribution in [2.45, 2.75) is 44.3 Å². The van der Waals surface area contributed by atoms with E-state index in [2.05, 4.69) is 5.32 Å². The van der Waals surface area contributed by atoms with Gasteiger partial charge in [0, 0.05) is 17.6 Å². The highest BCUT2D eigenvalue weighted by Gasteiger charge is 2.59. The lowest BCUT2D eigenvalue weighted by Crippen LogP contribution is -2.67. The second-order valence-corrected chi connectivity index (χ2v) is 6.50. The molecule has 0 aromatic rings. The normalized spacial score (nSPS) is 49.7. The fourth-order valence-corrected chi connectivity index (χ4v) is 4.03. The molecule has 3 saturated heterocycles. The monoisotopic (exact) mass is 287 g/mol. The van der Waals surface area contributed by atoms with E-state index in [0.717, 1.165) is 11.8 Å². The summed E-state index contributed by atoms with van der Waals surface area (Å²) in [5.74, 6) is -1.63. The number of fused-ring (bicyclic) bond motifs is 2. The maximum atomic E-state index is 11.5. The van der Waals surface area contributed by atoms with E-state index in [1.807, 2.05) is 6.92 Å². The van der Waals surface area contributed by atoms with Crippen LogP contribution in [0, 0.1) is 11.8 Å². The fraction of sp³-hybridized carbons (Fsp3) is 0.833. The third-order valence-electron chi connectivity index (χ3n) is 4.40. The van der Waals surface area contributed by atoms with Crippen LogP contribution in [-0.4, -0.2) is 46.1 Å². The lowest BCUT2D eigenvalue weighted by Gasteiger charge is -2.52. The average Bonchev–Trinajstić information content (AvgIpc) is 2.78. The number of carbonyl (C=O) groups excluding carboxylic acids is 2. The molecule has 3 fully saturated rings. The number of hydrogen-bond donors (Lipinski definition) is 2. The first-order valence-corrected chi connectivity index (χ1v) is 7.43. The van der Waals surface area contributed by atoms with Crippen LogP contribution in [-0.2, 0) is 14.3 Å². The van der Waals surface area contributed by atoms with E-state index in [-0.39, 0.29) is 41.7 Å². The van der Waals surface area contributed by atoms with E-state index < -0.39 is 11.8 Å². The second-order valence-electron chi connectivity index (χ2n) is 5.51. The summed E-state index contributed by atoms with van der Waals surface area (Å²) in [4.78, 5) is 22.8. The van der Waals surface area contributed by atoms with E-state index in [4.69, 9.17) is 9.47 Å². The highest BCUT2D eigenvalue weighted by atomic mass is 32.2. The molecule has 6 nitrogen and oxygen atoms in total. The number of hydrogen-bond acceptors (Lipinski definition) is 6. The van der Waals surface area contributed by atoms with Gasteiger partial charge in [-0.3, -0.25) is 9.59 Å². The third-order valence-corrected chi connectivity index (χ3v) is 5.28. The molecule has 0 saturated carbocycles. The lowest BCUT2D eigenvalue weighted by atomic mass is 9.76. The predicted octanol–water partition coefficient (Wildman–Crippen LogP) is 0.487. The number of thioether (sulfide) groups is 1. The number of rotatable bonds is 1. The Morgan fingerprint density at radius 1 is 1.42 bits per heavy atom. The number of aliphatic hydroxyl groups is 1. The Morgan fingerprint density at radius 2 is 2.16 bits per heavy atom. The van der Waals surface area contributed by atoms with Gasteiger partial charge in [-0.05, 0) is 0 Å². The lowest BCUT2D eigenvalue weighted by molar-refractivity contribution is -0.336. The van der Waals surface area contributed by atoms with Gasteiger partial charge in [-0.2, -0.15) is 0 Å². The number of amides is 1. The molecule has 0 radical (unpaired) electrons. The number of carbonyl (C=O) groups is 2. The Morgan fingerprint density at radius 3 is 2.79 bits per heavy atom. The Kier molecular flexibility index (Phi) is 3.03. The molecule has 0 spiro atoms. The van der Waals surface area contributed by atoms with Crippen molar-refractivity contribution in [3.8, 4) is 0 Å². The van der Waals surface area contributed by atoms with Crippen molar-refractivity contribution in [2.75, 3.05) is 5.75 Å². The fourth-order valence-electron chi connectivity index (χ4n) is 3.17. The van der Waals surface area contributed by atoms with Crippen LogP contribution in [0.15, 0.2) is 0 Å². The van der Waals surface area contributed by atoms with Gasteiger partial charge in [0.1, 0.15) is 6.10 Å². The molecular formula is C12H17NO5S. The molecule has 2 bridgehead atoms. The molecular weight excluding hydrogens is 270 g/mol. The van der Waals surface area contributed by atoms with Gasteiger partial charge in [-0.25, -0.2) is 0 Å². The summed E-state index contributed by atoms with van der Waals surface area (Å²) in [6.07, 6.45) is -0.567. The highest BCUT2D eigenvalue weighted by molar-refractivity contribution is 8.14. The molecule has 1 amide bonds. The molecule has 3 aliphatic rings. The summed E-state index contributed by atoms with van der Waals surface area (Å²) in [7, 11) is 0. The minimum atomic E-state index is -1.47. The van der Waals surface area contributed by atoms with E-state index in [9.17, 15) is 14.7 Å². The van der Waals surface area contributed by atoms with Gasteiger partial charge in [0.05, 0.1) is 18.6 Å². The van der Waals surface area contributed by atoms with Crippen molar-refractivity contribution in [1.82, 2.24) is 5.32 Å². The third kappa shape index (κ3) is 1.95. The van der Waals surface area contributed by atoms with E-state index in [0.29, 0.717) is 5.75 Å². The molecule has 0 aromatic heterocycles. The Balaban J connectivity index is 1.87. The smallest absolute Gasteiger partial charge is 0.308 e. The molecule has 6 unspecified atom stereocenters. The summed E-state index contributed by atoms with van der Waals surface area (Å²) < 4.78 is 11.2. The quantitative estimate of drug-likeness (QED) is 0.683. The molecule has 0 aliphatic carbocycles. The zero-order valence-corrected chi connectivity index (χ0v) is 11.6. The molecule has 3 heterocycles. The Labute approximate surface area is 115 Å². The van der Waals surface area contributed by atoms with Gasteiger partial charge >= 0.3 is 5.97 Å². The highest BCUT2D eigenvalue weighted by Crippen LogP contribution is 2.44. The van der Waals surface area contributed by atoms with E-state index in [1.54, 1.807) is 6.92 Å². The second kappa shape index (κ2) is 4.36. The number of esters is 1. The largest absolute Gasteiger partial charge is 0.461 e. The number of ether oxygens (including phenoxy) is 2. The van der Waals surface area contributed by atoms with Crippen molar-refractivity contribution in [3.05, 3.63) is 0 Å². The van der Waals surface area contributed by atoms with Crippen LogP contribution in [0.5, 0.6) is 0 Å². The van der Waals surface area contributed by atoms with Crippen molar-refractivity contribution in [2.24, 2.45) is 11.8 Å². The van der Waals surface area contributed by atoms with E-state index >= 15 is 0 Å². The van der Waals surface area contributed by atoms with Crippen LogP contribution in [0.2, 0.25) is 0 Å². The maximum absolute atomic E-state index is 11.5. The molecule has 2 N–H and O–H groups in total. The first-order chi connectivity index (χ1) is 8.91. The standard InChI is InChI=1S/C12H17NO5S/c1-5-7-3-9(14)17-10(5)6(2)12(16,18-7)8-4-19-11(15)13-8/h5-8,10,16H,3-4H2,1-2H3,(H,13,15). The van der Waals surface area contributed by atoms with Crippen LogP contribution in [0.3, 0.4) is 0 Å². The van der Waals surface area contributed by atoms with Crippen LogP contribution in [0.4, 0.5) is 4.79 Å². The summed E-state index contributed by atoms with van der Waals surface area (Å²) in [5, 5.41) is 13.4. The first kappa shape index (κ1) is 13.2. The average molecular weight is 287 g/mol. The van der Waals surface area contributed by atoms with Crippen LogP contribution < -0.4 is 5.32 Å². The SMILES string of the molecule is CC1C2CC(=O)OC1C(C)C(O)(C1CSC(=O)N1)O2. The molecule has 106 valence electrons. The van der Waals surface area contributed by atoms with Gasteiger partial charge in [0.15, 0.2) is 5.79 Å². The minimum Gasteiger partial charge on any atom is -0.461 e. The Bertz CT molecular complexity index is 430. The van der Waals surface area contributed by atoms with Gasteiger partial charge < -0.3 is 19.9 Å². The molecule has 7 heteroatoms. The van der Waals surface area contributed by atoms with Crippen LogP contribution >= 0.6 is 11.8 Å². The van der Waals surface area contributed by atoms with Gasteiger partial charge in [-0.1, -0.05) is 25.6 Å². The first-order valence-electron chi connectivity index (χ1n) is 6.45. The molecule has 3 rings (SSSR count). The van der Waals surface area contributed by atoms with Crippen LogP contribution in [0.25, 0.3) is 0 Å². The molecule has 6 atom stereocenters. The minimum absolute atomic E-state index is 0.0535. The predicted molar refractivity (Wildman–Crippen MR) is 67.4 cm³/mol. The maximum Gasteiger partial charge on any atom is 0.308 e. The van der Waals surface area contributed by atoms with Crippen molar-refractivity contribution < 1.29 is 24.2 Å².